The molecule has 0 aliphatic heterocycles. The smallest absolute Gasteiger partial charge is 0.126 e. The molecule has 21 heavy (non-hydrogen) atoms. The predicted molar refractivity (Wildman–Crippen MR) is 87.2 cm³/mol. The highest BCUT2D eigenvalue weighted by Crippen LogP contribution is 2.36. The van der Waals surface area contributed by atoms with E-state index in [1.165, 1.54) is 19.3 Å². The molecule has 0 amide bonds. The van der Waals surface area contributed by atoms with Gasteiger partial charge in [0.05, 0.1) is 12.1 Å². The number of aliphatic hydroxyl groups is 1. The first-order chi connectivity index (χ1) is 10.2. The third-order valence-corrected chi connectivity index (χ3v) is 4.61. The number of fused-ring (bicyclic) bond motifs is 1. The summed E-state index contributed by atoms with van der Waals surface area (Å²) < 4.78 is 0. The quantitative estimate of drug-likeness (QED) is 0.755. The van der Waals surface area contributed by atoms with Crippen molar-refractivity contribution in [2.45, 2.75) is 32.1 Å². The second-order valence-corrected chi connectivity index (χ2v) is 6.22. The molecular formula is C17H23N3O. The number of benzene rings is 1. The van der Waals surface area contributed by atoms with Gasteiger partial charge in [0, 0.05) is 23.0 Å². The Morgan fingerprint density at radius 2 is 1.95 bits per heavy atom. The van der Waals surface area contributed by atoms with Gasteiger partial charge >= 0.3 is 0 Å². The first-order valence-corrected chi connectivity index (χ1v) is 7.72. The van der Waals surface area contributed by atoms with Crippen LogP contribution in [0, 0.1) is 5.41 Å². The number of aromatic nitrogens is 1. The van der Waals surface area contributed by atoms with Crippen LogP contribution < -0.4 is 11.1 Å². The monoisotopic (exact) mass is 285 g/mol. The van der Waals surface area contributed by atoms with E-state index in [-0.39, 0.29) is 12.0 Å². The van der Waals surface area contributed by atoms with Gasteiger partial charge in [-0.05, 0) is 43.2 Å². The highest BCUT2D eigenvalue weighted by Gasteiger charge is 2.31. The molecule has 2 aromatic rings. The maximum Gasteiger partial charge on any atom is 0.126 e. The van der Waals surface area contributed by atoms with Crippen LogP contribution in [0.2, 0.25) is 0 Å². The van der Waals surface area contributed by atoms with E-state index in [0.29, 0.717) is 0 Å². The standard InChI is InChI=1S/C17H23N3O/c18-14-5-6-15-13(10-14)4-7-16(20-15)19-11-17(12-21)8-2-1-3-9-17/h4-7,10,21H,1-3,8-9,11-12,18H2,(H,19,20). The van der Waals surface area contributed by atoms with E-state index in [0.717, 1.165) is 41.8 Å². The maximum atomic E-state index is 9.75. The van der Waals surface area contributed by atoms with Gasteiger partial charge in [-0.25, -0.2) is 4.98 Å². The number of rotatable bonds is 4. The molecule has 1 heterocycles. The zero-order valence-electron chi connectivity index (χ0n) is 12.3. The SMILES string of the molecule is Nc1ccc2nc(NCC3(CO)CCCCC3)ccc2c1. The third-order valence-electron chi connectivity index (χ3n) is 4.61. The fourth-order valence-electron chi connectivity index (χ4n) is 3.21. The van der Waals surface area contributed by atoms with Crippen LogP contribution in [0.3, 0.4) is 0 Å². The molecule has 3 rings (SSSR count). The number of nitrogens with one attached hydrogen (secondary N) is 1. The molecule has 0 unspecified atom stereocenters. The lowest BCUT2D eigenvalue weighted by Crippen LogP contribution is -2.35. The van der Waals surface area contributed by atoms with Crippen LogP contribution in [-0.2, 0) is 0 Å². The summed E-state index contributed by atoms with van der Waals surface area (Å²) in [6, 6.07) is 9.76. The number of nitrogens with zero attached hydrogens (tertiary/aromatic N) is 1. The summed E-state index contributed by atoms with van der Waals surface area (Å²) in [7, 11) is 0. The number of nitrogens with two attached hydrogens (primary N) is 1. The van der Waals surface area contributed by atoms with E-state index < -0.39 is 0 Å². The van der Waals surface area contributed by atoms with Gasteiger partial charge in [-0.3, -0.25) is 0 Å². The second kappa shape index (κ2) is 5.90. The summed E-state index contributed by atoms with van der Waals surface area (Å²) in [5.41, 5.74) is 7.50. The highest BCUT2D eigenvalue weighted by molar-refractivity contribution is 5.83. The van der Waals surface area contributed by atoms with Gasteiger partial charge in [0.15, 0.2) is 0 Å². The molecule has 0 saturated heterocycles. The maximum absolute atomic E-state index is 9.75. The fourth-order valence-corrected chi connectivity index (χ4v) is 3.21. The molecule has 4 heteroatoms. The van der Waals surface area contributed by atoms with E-state index in [1.807, 2.05) is 30.3 Å². The van der Waals surface area contributed by atoms with Crippen LogP contribution in [0.5, 0.6) is 0 Å². The van der Waals surface area contributed by atoms with Gasteiger partial charge in [-0.2, -0.15) is 0 Å². The van der Waals surface area contributed by atoms with Crippen LogP contribution in [0.4, 0.5) is 11.5 Å². The second-order valence-electron chi connectivity index (χ2n) is 6.22. The minimum absolute atomic E-state index is 0.0238. The molecule has 1 saturated carbocycles. The normalized spacial score (nSPS) is 17.8. The van der Waals surface area contributed by atoms with Crippen molar-refractivity contribution in [3.63, 3.8) is 0 Å². The van der Waals surface area contributed by atoms with Gasteiger partial charge in [-0.15, -0.1) is 0 Å². The lowest BCUT2D eigenvalue weighted by molar-refractivity contribution is 0.0943. The summed E-state index contributed by atoms with van der Waals surface area (Å²) in [4.78, 5) is 4.62. The summed E-state index contributed by atoms with van der Waals surface area (Å²) in [5, 5.41) is 14.2. The van der Waals surface area contributed by atoms with Crippen molar-refractivity contribution in [3.8, 4) is 0 Å². The molecule has 0 spiro atoms. The highest BCUT2D eigenvalue weighted by atomic mass is 16.3. The molecule has 1 aromatic carbocycles. The Morgan fingerprint density at radius 3 is 2.71 bits per heavy atom. The Balaban J connectivity index is 1.74. The van der Waals surface area contributed by atoms with Crippen molar-refractivity contribution >= 4 is 22.4 Å². The Labute approximate surface area is 125 Å². The Hall–Kier alpha value is -1.81. The predicted octanol–water partition coefficient (Wildman–Crippen LogP) is 3.17. The molecule has 0 radical (unpaired) electrons. The molecule has 112 valence electrons. The Morgan fingerprint density at radius 1 is 1.14 bits per heavy atom. The van der Waals surface area contributed by atoms with Crippen molar-refractivity contribution in [1.82, 2.24) is 4.98 Å². The first kappa shape index (κ1) is 14.1. The molecule has 0 atom stereocenters. The number of pyridine rings is 1. The van der Waals surface area contributed by atoms with E-state index in [4.69, 9.17) is 5.73 Å². The lowest BCUT2D eigenvalue weighted by Gasteiger charge is -2.35. The average Bonchev–Trinajstić information content (AvgIpc) is 2.54. The largest absolute Gasteiger partial charge is 0.399 e. The molecule has 1 aromatic heterocycles. The zero-order valence-corrected chi connectivity index (χ0v) is 12.3. The number of hydrogen-bond donors (Lipinski definition) is 3. The van der Waals surface area contributed by atoms with Crippen LogP contribution >= 0.6 is 0 Å². The van der Waals surface area contributed by atoms with E-state index in [2.05, 4.69) is 10.3 Å². The number of aliphatic hydroxyl groups excluding tert-OH is 1. The van der Waals surface area contributed by atoms with Gasteiger partial charge in [0.1, 0.15) is 5.82 Å². The number of nitrogen functional groups attached to an aromatic ring is 1. The fraction of sp³-hybridized carbons (Fsp3) is 0.471. The van der Waals surface area contributed by atoms with Crippen molar-refractivity contribution in [2.75, 3.05) is 24.2 Å². The summed E-state index contributed by atoms with van der Waals surface area (Å²) in [5.74, 6) is 0.866. The van der Waals surface area contributed by atoms with Crippen molar-refractivity contribution in [2.24, 2.45) is 5.41 Å². The van der Waals surface area contributed by atoms with Crippen molar-refractivity contribution < 1.29 is 5.11 Å². The molecule has 1 aliphatic carbocycles. The molecular weight excluding hydrogens is 262 g/mol. The third kappa shape index (κ3) is 3.10. The number of anilines is 2. The van der Waals surface area contributed by atoms with Gasteiger partial charge < -0.3 is 16.2 Å². The van der Waals surface area contributed by atoms with E-state index in [9.17, 15) is 5.11 Å². The van der Waals surface area contributed by atoms with Gasteiger partial charge in [0.25, 0.3) is 0 Å². The van der Waals surface area contributed by atoms with Crippen LogP contribution in [0.25, 0.3) is 10.9 Å². The zero-order chi connectivity index (χ0) is 14.7. The number of hydrogen-bond acceptors (Lipinski definition) is 4. The molecule has 0 bridgehead atoms. The topological polar surface area (TPSA) is 71.2 Å². The Kier molecular flexibility index (Phi) is 3.97. The minimum atomic E-state index is 0.0238. The van der Waals surface area contributed by atoms with E-state index >= 15 is 0 Å². The first-order valence-electron chi connectivity index (χ1n) is 7.72. The van der Waals surface area contributed by atoms with Crippen LogP contribution in [-0.4, -0.2) is 23.2 Å². The van der Waals surface area contributed by atoms with Crippen LogP contribution in [0.15, 0.2) is 30.3 Å². The van der Waals surface area contributed by atoms with E-state index in [1.54, 1.807) is 0 Å². The Bertz CT molecular complexity index is 620. The summed E-state index contributed by atoms with van der Waals surface area (Å²) in [6.07, 6.45) is 5.91. The van der Waals surface area contributed by atoms with Gasteiger partial charge in [-0.1, -0.05) is 19.3 Å². The molecule has 1 fully saturated rings. The molecule has 4 nitrogen and oxygen atoms in total. The van der Waals surface area contributed by atoms with Crippen molar-refractivity contribution in [3.05, 3.63) is 30.3 Å². The average molecular weight is 285 g/mol. The summed E-state index contributed by atoms with van der Waals surface area (Å²) in [6.45, 7) is 1.04. The minimum Gasteiger partial charge on any atom is -0.399 e. The summed E-state index contributed by atoms with van der Waals surface area (Å²) >= 11 is 0. The van der Waals surface area contributed by atoms with Crippen molar-refractivity contribution in [1.29, 1.82) is 0 Å². The van der Waals surface area contributed by atoms with Crippen LogP contribution in [0.1, 0.15) is 32.1 Å². The van der Waals surface area contributed by atoms with Gasteiger partial charge in [0.2, 0.25) is 0 Å². The lowest BCUT2D eigenvalue weighted by atomic mass is 9.74. The molecule has 1 aliphatic rings. The molecule has 4 N–H and O–H groups in total.